The highest BCUT2D eigenvalue weighted by Gasteiger charge is 2.02. The minimum atomic E-state index is 0.0619. The van der Waals surface area contributed by atoms with Crippen molar-refractivity contribution in [2.24, 2.45) is 0 Å². The Balaban J connectivity index is 3.07. The first-order chi connectivity index (χ1) is 10.7. The third-order valence-corrected chi connectivity index (χ3v) is 2.31. The lowest BCUT2D eigenvalue weighted by Gasteiger charge is -2.08. The van der Waals surface area contributed by atoms with Gasteiger partial charge in [-0.05, 0) is 20.3 Å². The Morgan fingerprint density at radius 1 is 0.909 bits per heavy atom. The quantitative estimate of drug-likeness (QED) is 0.256. The fourth-order valence-electron chi connectivity index (χ4n) is 1.45. The number of nitrogens with one attached hydrogen (secondary N) is 1. The first-order valence-electron chi connectivity index (χ1n) is 7.51. The van der Waals surface area contributed by atoms with Gasteiger partial charge in [-0.3, -0.25) is 4.79 Å². The van der Waals surface area contributed by atoms with Crippen LogP contribution in [0.1, 0.15) is 26.7 Å². The predicted octanol–water partition coefficient (Wildman–Crippen LogP) is 0.851. The number of carbonyl (C=O) groups is 1. The van der Waals surface area contributed by atoms with Crippen molar-refractivity contribution in [2.45, 2.75) is 32.7 Å². The summed E-state index contributed by atoms with van der Waals surface area (Å²) in [4.78, 5) is 20.1. The molecule has 0 saturated carbocycles. The minimum absolute atomic E-state index is 0.0619. The van der Waals surface area contributed by atoms with E-state index in [0.717, 1.165) is 0 Å². The second kappa shape index (κ2) is 16.6. The molecule has 0 aromatic rings. The van der Waals surface area contributed by atoms with Gasteiger partial charge in [-0.1, -0.05) is 5.04 Å². The Morgan fingerprint density at radius 3 is 2.00 bits per heavy atom. The highest BCUT2D eigenvalue weighted by atomic mass is 17.5. The van der Waals surface area contributed by atoms with Crippen LogP contribution in [0.2, 0.25) is 0 Å². The van der Waals surface area contributed by atoms with Gasteiger partial charge < -0.3 is 19.5 Å². The lowest BCUT2D eigenvalue weighted by molar-refractivity contribution is -0.503. The van der Waals surface area contributed by atoms with E-state index >= 15 is 0 Å². The average molecular weight is 323 g/mol. The van der Waals surface area contributed by atoms with Gasteiger partial charge in [0.15, 0.2) is 0 Å². The Kier molecular flexibility index (Phi) is 16.0. The molecule has 0 saturated heterocycles. The summed E-state index contributed by atoms with van der Waals surface area (Å²) < 4.78 is 15.9. The highest BCUT2D eigenvalue weighted by Crippen LogP contribution is 1.92. The van der Waals surface area contributed by atoms with Crippen molar-refractivity contribution in [3.05, 3.63) is 0 Å². The lowest BCUT2D eigenvalue weighted by Crippen LogP contribution is -2.30. The first kappa shape index (κ1) is 21.2. The zero-order chi connectivity index (χ0) is 16.5. The maximum Gasteiger partial charge on any atom is 0.220 e. The van der Waals surface area contributed by atoms with Crippen molar-refractivity contribution in [3.8, 4) is 0 Å². The van der Waals surface area contributed by atoms with Crippen molar-refractivity contribution >= 4 is 5.91 Å². The zero-order valence-corrected chi connectivity index (χ0v) is 13.8. The van der Waals surface area contributed by atoms with Gasteiger partial charge in [-0.2, -0.15) is 0 Å². The van der Waals surface area contributed by atoms with Crippen molar-refractivity contribution < 1.29 is 33.8 Å². The van der Waals surface area contributed by atoms with Crippen LogP contribution in [0.25, 0.3) is 0 Å². The monoisotopic (exact) mass is 323 g/mol. The first-order valence-corrected chi connectivity index (χ1v) is 7.51. The molecule has 132 valence electrons. The van der Waals surface area contributed by atoms with Crippen LogP contribution in [0.3, 0.4) is 0 Å². The largest absolute Gasteiger partial charge is 0.379 e. The minimum Gasteiger partial charge on any atom is -0.379 e. The number of hydrogen-bond acceptors (Lipinski definition) is 7. The molecule has 0 aromatic heterocycles. The van der Waals surface area contributed by atoms with Crippen LogP contribution in [0.15, 0.2) is 0 Å². The van der Waals surface area contributed by atoms with E-state index in [1.54, 1.807) is 0 Å². The fourth-order valence-corrected chi connectivity index (χ4v) is 1.45. The maximum absolute atomic E-state index is 11.3. The van der Waals surface area contributed by atoms with Gasteiger partial charge in [0, 0.05) is 19.1 Å². The van der Waals surface area contributed by atoms with Gasteiger partial charge in [0.2, 0.25) is 5.91 Å². The van der Waals surface area contributed by atoms with E-state index in [1.807, 2.05) is 13.8 Å². The molecule has 0 aromatic carbocycles. The third kappa shape index (κ3) is 17.3. The Morgan fingerprint density at radius 2 is 1.45 bits per heavy atom. The second-order valence-electron chi connectivity index (χ2n) is 4.72. The molecular formula is C14H29NO7. The third-order valence-electron chi connectivity index (χ3n) is 2.31. The van der Waals surface area contributed by atoms with E-state index < -0.39 is 0 Å². The van der Waals surface area contributed by atoms with Crippen LogP contribution >= 0.6 is 0 Å². The second-order valence-corrected chi connectivity index (χ2v) is 4.72. The van der Waals surface area contributed by atoms with Crippen LogP contribution in [-0.4, -0.2) is 65.3 Å². The average Bonchev–Trinajstić information content (AvgIpc) is 2.47. The summed E-state index contributed by atoms with van der Waals surface area (Å²) in [7, 11) is 1.36. The van der Waals surface area contributed by atoms with Crippen LogP contribution in [0.4, 0.5) is 0 Å². The SMILES string of the molecule is COOOCCOCCOCCOCCCC(=O)NC(C)C. The Labute approximate surface area is 132 Å². The molecule has 1 amide bonds. The van der Waals surface area contributed by atoms with E-state index in [2.05, 4.69) is 20.1 Å². The molecule has 0 spiro atoms. The summed E-state index contributed by atoms with van der Waals surface area (Å²) in [6, 6.07) is 0.183. The van der Waals surface area contributed by atoms with Gasteiger partial charge in [0.25, 0.3) is 0 Å². The van der Waals surface area contributed by atoms with Crippen LogP contribution in [0, 0.1) is 0 Å². The van der Waals surface area contributed by atoms with Gasteiger partial charge in [0.1, 0.15) is 6.61 Å². The van der Waals surface area contributed by atoms with Gasteiger partial charge >= 0.3 is 0 Å². The topological polar surface area (TPSA) is 84.5 Å². The van der Waals surface area contributed by atoms with Crippen molar-refractivity contribution in [3.63, 3.8) is 0 Å². The highest BCUT2D eigenvalue weighted by molar-refractivity contribution is 5.76. The summed E-state index contributed by atoms with van der Waals surface area (Å²) in [6.45, 7) is 7.12. The van der Waals surface area contributed by atoms with E-state index in [0.29, 0.717) is 59.1 Å². The molecule has 0 aliphatic heterocycles. The molecule has 1 N–H and O–H groups in total. The molecule has 0 radical (unpaired) electrons. The van der Waals surface area contributed by atoms with Crippen LogP contribution in [0.5, 0.6) is 0 Å². The van der Waals surface area contributed by atoms with Gasteiger partial charge in [-0.25, -0.2) is 9.78 Å². The Hall–Kier alpha value is -0.770. The summed E-state index contributed by atoms with van der Waals surface area (Å²) in [5, 5.41) is 7.04. The van der Waals surface area contributed by atoms with Crippen LogP contribution < -0.4 is 5.32 Å². The molecule has 0 atom stereocenters. The molecule has 0 fully saturated rings. The number of carbonyl (C=O) groups excluding carboxylic acids is 1. The van der Waals surface area contributed by atoms with E-state index in [-0.39, 0.29) is 11.9 Å². The predicted molar refractivity (Wildman–Crippen MR) is 79.0 cm³/mol. The standard InChI is InChI=1S/C14H29NO7/c1-13(2)15-14(16)5-4-6-18-7-8-19-9-10-20-11-12-21-22-17-3/h13H,4-12H2,1-3H3,(H,15,16). The molecule has 0 aliphatic rings. The maximum atomic E-state index is 11.3. The van der Waals surface area contributed by atoms with E-state index in [1.165, 1.54) is 7.11 Å². The molecule has 0 rings (SSSR count). The van der Waals surface area contributed by atoms with Gasteiger partial charge in [0.05, 0.1) is 40.1 Å². The molecule has 0 aliphatic carbocycles. The van der Waals surface area contributed by atoms with Crippen LogP contribution in [-0.2, 0) is 33.8 Å². The molecule has 0 heterocycles. The Bertz CT molecular complexity index is 251. The molecular weight excluding hydrogens is 294 g/mol. The number of hydrogen-bond donors (Lipinski definition) is 1. The normalized spacial score (nSPS) is 11.1. The van der Waals surface area contributed by atoms with Gasteiger partial charge in [-0.15, -0.1) is 0 Å². The van der Waals surface area contributed by atoms with Crippen molar-refractivity contribution in [1.29, 1.82) is 0 Å². The number of amides is 1. The summed E-state index contributed by atoms with van der Waals surface area (Å²) in [5.74, 6) is 0.0619. The summed E-state index contributed by atoms with van der Waals surface area (Å²) in [5.41, 5.74) is 0. The van der Waals surface area contributed by atoms with Crippen molar-refractivity contribution in [1.82, 2.24) is 5.32 Å². The number of ether oxygens (including phenoxy) is 3. The molecule has 0 bridgehead atoms. The van der Waals surface area contributed by atoms with E-state index in [4.69, 9.17) is 14.2 Å². The van der Waals surface area contributed by atoms with Crippen molar-refractivity contribution in [2.75, 3.05) is 53.4 Å². The van der Waals surface area contributed by atoms with E-state index in [9.17, 15) is 4.79 Å². The lowest BCUT2D eigenvalue weighted by atomic mass is 10.3. The molecule has 8 nitrogen and oxygen atoms in total. The smallest absolute Gasteiger partial charge is 0.220 e. The number of rotatable bonds is 16. The molecule has 22 heavy (non-hydrogen) atoms. The molecule has 8 heteroatoms. The summed E-state index contributed by atoms with van der Waals surface area (Å²) >= 11 is 0. The fraction of sp³-hybridized carbons (Fsp3) is 0.929. The molecule has 0 unspecified atom stereocenters. The summed E-state index contributed by atoms with van der Waals surface area (Å²) in [6.07, 6.45) is 1.20. The zero-order valence-electron chi connectivity index (χ0n) is 13.8.